The molecule has 1 aromatic rings. The second kappa shape index (κ2) is 3.16. The van der Waals surface area contributed by atoms with Crippen molar-refractivity contribution in [3.63, 3.8) is 0 Å². The predicted octanol–water partition coefficient (Wildman–Crippen LogP) is 0.895. The van der Waals surface area contributed by atoms with E-state index in [1.54, 1.807) is 6.20 Å². The van der Waals surface area contributed by atoms with E-state index in [0.717, 1.165) is 0 Å². The van der Waals surface area contributed by atoms with Crippen molar-refractivity contribution in [3.8, 4) is 0 Å². The minimum absolute atomic E-state index is 0.197. The van der Waals surface area contributed by atoms with E-state index in [1.165, 1.54) is 22.0 Å². The van der Waals surface area contributed by atoms with Crippen LogP contribution in [0.15, 0.2) is 18.7 Å². The van der Waals surface area contributed by atoms with Gasteiger partial charge in [0, 0.05) is 18.9 Å². The van der Waals surface area contributed by atoms with Crippen molar-refractivity contribution in [2.24, 2.45) is 0 Å². The molecule has 13 heavy (non-hydrogen) atoms. The molecule has 70 valence electrons. The molecule has 0 saturated carbocycles. The summed E-state index contributed by atoms with van der Waals surface area (Å²) >= 11 is 0. The van der Waals surface area contributed by atoms with E-state index in [-0.39, 0.29) is 12.6 Å². The number of rotatable bonds is 0. The summed E-state index contributed by atoms with van der Waals surface area (Å²) in [5, 5.41) is 0. The number of nitrogens with zero attached hydrogens (tertiary/aromatic N) is 3. The highest BCUT2D eigenvalue weighted by Gasteiger charge is 2.26. The molecule has 1 aromatic heterocycles. The predicted molar refractivity (Wildman–Crippen MR) is 44.1 cm³/mol. The first-order valence-electron chi connectivity index (χ1n) is 4.18. The number of imidazole rings is 1. The molecule has 0 aromatic carbocycles. The lowest BCUT2D eigenvalue weighted by atomic mass is 10.3. The summed E-state index contributed by atoms with van der Waals surface area (Å²) in [4.78, 5) is 16.8. The molecule has 2 heterocycles. The maximum absolute atomic E-state index is 12.8. The number of carbonyl (C=O) groups is 1. The summed E-state index contributed by atoms with van der Waals surface area (Å²) in [6, 6.07) is -0.197. The normalized spacial score (nSPS) is 22.2. The van der Waals surface area contributed by atoms with Crippen molar-refractivity contribution in [2.75, 3.05) is 13.1 Å². The van der Waals surface area contributed by atoms with Crippen molar-refractivity contribution >= 4 is 6.03 Å². The van der Waals surface area contributed by atoms with Gasteiger partial charge in [0.05, 0.1) is 6.54 Å². The molecule has 2 rings (SSSR count). The molecule has 4 nitrogen and oxygen atoms in total. The average Bonchev–Trinajstić information content (AvgIpc) is 2.72. The monoisotopic (exact) mass is 183 g/mol. The molecular weight excluding hydrogens is 173 g/mol. The van der Waals surface area contributed by atoms with Crippen LogP contribution in [0.2, 0.25) is 0 Å². The Labute approximate surface area is 75.0 Å². The van der Waals surface area contributed by atoms with E-state index in [0.29, 0.717) is 13.0 Å². The fraction of sp³-hybridized carbons (Fsp3) is 0.500. The number of aromatic nitrogens is 2. The van der Waals surface area contributed by atoms with Gasteiger partial charge in [-0.2, -0.15) is 0 Å². The van der Waals surface area contributed by atoms with Crippen molar-refractivity contribution < 1.29 is 9.18 Å². The van der Waals surface area contributed by atoms with Crippen LogP contribution in [0.25, 0.3) is 0 Å². The standard InChI is InChI=1S/C8H10FN3O/c9-7-1-3-11(5-7)8(13)12-4-2-10-6-12/h2,4,6-7H,1,3,5H2. The van der Waals surface area contributed by atoms with Gasteiger partial charge in [-0.3, -0.25) is 4.57 Å². The highest BCUT2D eigenvalue weighted by molar-refractivity contribution is 5.76. The maximum Gasteiger partial charge on any atom is 0.329 e. The number of hydrogen-bond acceptors (Lipinski definition) is 2. The summed E-state index contributed by atoms with van der Waals surface area (Å²) in [7, 11) is 0. The molecule has 1 fully saturated rings. The average molecular weight is 183 g/mol. The van der Waals surface area contributed by atoms with Gasteiger partial charge in [-0.05, 0) is 6.42 Å². The summed E-state index contributed by atoms with van der Waals surface area (Å²) in [5.74, 6) is 0. The van der Waals surface area contributed by atoms with E-state index < -0.39 is 6.17 Å². The van der Waals surface area contributed by atoms with Crippen LogP contribution >= 0.6 is 0 Å². The van der Waals surface area contributed by atoms with Crippen molar-refractivity contribution in [2.45, 2.75) is 12.6 Å². The maximum atomic E-state index is 12.8. The molecule has 1 unspecified atom stereocenters. The van der Waals surface area contributed by atoms with Crippen LogP contribution in [0.1, 0.15) is 6.42 Å². The van der Waals surface area contributed by atoms with Gasteiger partial charge in [0.2, 0.25) is 0 Å². The first-order chi connectivity index (χ1) is 6.27. The molecule has 0 radical (unpaired) electrons. The van der Waals surface area contributed by atoms with Crippen LogP contribution in [0.4, 0.5) is 9.18 Å². The van der Waals surface area contributed by atoms with Gasteiger partial charge in [-0.1, -0.05) is 0 Å². The number of alkyl halides is 1. The molecule has 0 N–H and O–H groups in total. The minimum atomic E-state index is -0.868. The zero-order chi connectivity index (χ0) is 9.26. The van der Waals surface area contributed by atoms with Crippen LogP contribution in [-0.2, 0) is 0 Å². The van der Waals surface area contributed by atoms with Crippen molar-refractivity contribution in [1.29, 1.82) is 0 Å². The summed E-state index contributed by atoms with van der Waals surface area (Å²) in [5.41, 5.74) is 0. The number of carbonyl (C=O) groups excluding carboxylic acids is 1. The topological polar surface area (TPSA) is 38.1 Å². The summed E-state index contributed by atoms with van der Waals surface area (Å²) in [6.45, 7) is 0.704. The Kier molecular flexibility index (Phi) is 2.00. The van der Waals surface area contributed by atoms with Gasteiger partial charge in [-0.15, -0.1) is 0 Å². The summed E-state index contributed by atoms with van der Waals surface area (Å²) in [6.07, 6.45) is 4.09. The number of likely N-dealkylation sites (tertiary alicyclic amines) is 1. The van der Waals surface area contributed by atoms with Crippen LogP contribution < -0.4 is 0 Å². The lowest BCUT2D eigenvalue weighted by Crippen LogP contribution is -2.32. The molecule has 0 spiro atoms. The number of hydrogen-bond donors (Lipinski definition) is 0. The molecule has 0 aliphatic carbocycles. The Hall–Kier alpha value is -1.39. The smallest absolute Gasteiger partial charge is 0.321 e. The first-order valence-corrected chi connectivity index (χ1v) is 4.18. The first kappa shape index (κ1) is 8.22. The van der Waals surface area contributed by atoms with E-state index in [2.05, 4.69) is 4.98 Å². The highest BCUT2D eigenvalue weighted by Crippen LogP contribution is 2.13. The molecule has 1 amide bonds. The molecule has 1 atom stereocenters. The molecular formula is C8H10FN3O. The van der Waals surface area contributed by atoms with Crippen LogP contribution in [0.5, 0.6) is 0 Å². The Morgan fingerprint density at radius 2 is 2.46 bits per heavy atom. The van der Waals surface area contributed by atoms with E-state index in [9.17, 15) is 9.18 Å². The quantitative estimate of drug-likeness (QED) is 0.599. The van der Waals surface area contributed by atoms with Gasteiger partial charge >= 0.3 is 6.03 Å². The van der Waals surface area contributed by atoms with Crippen LogP contribution in [-0.4, -0.2) is 39.7 Å². The molecule has 1 aliphatic heterocycles. The van der Waals surface area contributed by atoms with Gasteiger partial charge in [-0.25, -0.2) is 14.2 Å². The van der Waals surface area contributed by atoms with Gasteiger partial charge < -0.3 is 4.90 Å². The third-order valence-corrected chi connectivity index (χ3v) is 2.13. The fourth-order valence-electron chi connectivity index (χ4n) is 1.43. The third-order valence-electron chi connectivity index (χ3n) is 2.13. The van der Waals surface area contributed by atoms with E-state index in [1.807, 2.05) is 0 Å². The highest BCUT2D eigenvalue weighted by atomic mass is 19.1. The van der Waals surface area contributed by atoms with Gasteiger partial charge in [0.15, 0.2) is 0 Å². The van der Waals surface area contributed by atoms with Crippen LogP contribution in [0, 0.1) is 0 Å². The Morgan fingerprint density at radius 3 is 3.00 bits per heavy atom. The Bertz CT molecular complexity index is 298. The van der Waals surface area contributed by atoms with Crippen molar-refractivity contribution in [3.05, 3.63) is 18.7 Å². The molecule has 5 heteroatoms. The minimum Gasteiger partial charge on any atom is -0.321 e. The Balaban J connectivity index is 2.06. The molecule has 1 aliphatic rings. The molecule has 0 bridgehead atoms. The zero-order valence-corrected chi connectivity index (χ0v) is 7.06. The lowest BCUT2D eigenvalue weighted by Gasteiger charge is -2.14. The zero-order valence-electron chi connectivity index (χ0n) is 7.06. The van der Waals surface area contributed by atoms with Crippen LogP contribution in [0.3, 0.4) is 0 Å². The Morgan fingerprint density at radius 1 is 1.62 bits per heavy atom. The van der Waals surface area contributed by atoms with E-state index >= 15 is 0 Å². The van der Waals surface area contributed by atoms with Crippen molar-refractivity contribution in [1.82, 2.24) is 14.5 Å². The SMILES string of the molecule is O=C(N1CCC(F)C1)n1ccnc1. The fourth-order valence-corrected chi connectivity index (χ4v) is 1.43. The van der Waals surface area contributed by atoms with Gasteiger partial charge in [0.1, 0.15) is 12.5 Å². The van der Waals surface area contributed by atoms with E-state index in [4.69, 9.17) is 0 Å². The third kappa shape index (κ3) is 1.54. The summed E-state index contributed by atoms with van der Waals surface area (Å²) < 4.78 is 14.1. The number of halogens is 1. The van der Waals surface area contributed by atoms with Gasteiger partial charge in [0.25, 0.3) is 0 Å². The second-order valence-electron chi connectivity index (χ2n) is 3.08. The lowest BCUT2D eigenvalue weighted by molar-refractivity contribution is 0.206. The number of amides is 1. The molecule has 1 saturated heterocycles. The largest absolute Gasteiger partial charge is 0.329 e. The second-order valence-corrected chi connectivity index (χ2v) is 3.08.